The van der Waals surface area contributed by atoms with E-state index in [-0.39, 0.29) is 0 Å². The number of anilines is 1. The molecule has 1 aromatic heterocycles. The Morgan fingerprint density at radius 3 is 2.16 bits per heavy atom. The molecule has 0 saturated carbocycles. The van der Waals surface area contributed by atoms with Crippen molar-refractivity contribution in [3.63, 3.8) is 0 Å². The lowest BCUT2D eigenvalue weighted by Crippen LogP contribution is -1.87. The molecule has 0 bridgehead atoms. The number of benzene rings is 1. The van der Waals surface area contributed by atoms with Gasteiger partial charge in [0.2, 0.25) is 0 Å². The first-order valence-corrected chi connectivity index (χ1v) is 6.37. The average Bonchev–Trinajstić information content (AvgIpc) is 2.41. The van der Waals surface area contributed by atoms with Crippen LogP contribution in [-0.4, -0.2) is 18.0 Å². The molecule has 19 heavy (non-hydrogen) atoms. The normalized spacial score (nSPS) is 7.95. The van der Waals surface area contributed by atoms with Gasteiger partial charge in [0, 0.05) is 17.7 Å². The van der Waals surface area contributed by atoms with Crippen LogP contribution in [0.5, 0.6) is 0 Å². The summed E-state index contributed by atoms with van der Waals surface area (Å²) < 4.78 is 0.995. The van der Waals surface area contributed by atoms with Gasteiger partial charge in [-0.1, -0.05) is 35.9 Å². The summed E-state index contributed by atoms with van der Waals surface area (Å²) in [4.78, 5) is 12.5. The minimum Gasteiger partial charge on any atom is -0.387 e. The summed E-state index contributed by atoms with van der Waals surface area (Å²) in [7, 11) is 1.86. The molecule has 2 rings (SSSR count). The Morgan fingerprint density at radius 1 is 1.26 bits per heavy atom. The smallest absolute Gasteiger partial charge is 0.116 e. The monoisotopic (exact) mass is 320 g/mol. The lowest BCUT2D eigenvalue weighted by molar-refractivity contribution is 0.569. The second-order valence-electron chi connectivity index (χ2n) is 3.44. The van der Waals surface area contributed by atoms with E-state index in [0.717, 1.165) is 10.2 Å². The summed E-state index contributed by atoms with van der Waals surface area (Å²) in [5, 5.41) is 2.98. The number of aryl methyl sites for hydroxylation is 1. The SMILES string of the molecule is C=C=O.CNc1cncc(Br)c1.Cc1ccccc1. The fraction of sp³-hybridized carbons (Fsp3) is 0.133. The number of rotatable bonds is 1. The third kappa shape index (κ3) is 9.77. The zero-order chi connectivity index (χ0) is 14.5. The molecule has 1 N–H and O–H groups in total. The van der Waals surface area contributed by atoms with Gasteiger partial charge < -0.3 is 5.32 Å². The van der Waals surface area contributed by atoms with E-state index in [1.54, 1.807) is 12.4 Å². The van der Waals surface area contributed by atoms with Gasteiger partial charge in [0.25, 0.3) is 0 Å². The molecule has 2 aromatic rings. The van der Waals surface area contributed by atoms with E-state index in [4.69, 9.17) is 4.79 Å². The van der Waals surface area contributed by atoms with Crippen molar-refractivity contribution in [2.45, 2.75) is 6.92 Å². The van der Waals surface area contributed by atoms with Gasteiger partial charge in [-0.05, 0) is 35.5 Å². The zero-order valence-electron chi connectivity index (χ0n) is 11.1. The maximum atomic E-state index is 8.57. The van der Waals surface area contributed by atoms with E-state index in [0.29, 0.717) is 0 Å². The van der Waals surface area contributed by atoms with Crippen molar-refractivity contribution in [1.29, 1.82) is 0 Å². The summed E-state index contributed by atoms with van der Waals surface area (Å²) >= 11 is 3.30. The van der Waals surface area contributed by atoms with Crippen LogP contribution in [0.3, 0.4) is 0 Å². The van der Waals surface area contributed by atoms with E-state index in [9.17, 15) is 0 Å². The predicted molar refractivity (Wildman–Crippen MR) is 84.0 cm³/mol. The number of hydrogen-bond acceptors (Lipinski definition) is 3. The first-order valence-electron chi connectivity index (χ1n) is 5.58. The zero-order valence-corrected chi connectivity index (χ0v) is 12.6. The van der Waals surface area contributed by atoms with E-state index in [1.165, 1.54) is 11.5 Å². The average molecular weight is 321 g/mol. The summed E-state index contributed by atoms with van der Waals surface area (Å²) in [6.07, 6.45) is 3.52. The number of aromatic nitrogens is 1. The first kappa shape index (κ1) is 17.1. The molecule has 0 spiro atoms. The third-order valence-corrected chi connectivity index (χ3v) is 2.37. The minimum absolute atomic E-state index is 0.995. The number of carbonyl (C=O) groups excluding carboxylic acids is 1. The lowest BCUT2D eigenvalue weighted by Gasteiger charge is -1.96. The summed E-state index contributed by atoms with van der Waals surface area (Å²) in [6.45, 7) is 4.76. The van der Waals surface area contributed by atoms with E-state index in [2.05, 4.69) is 51.9 Å². The summed E-state index contributed by atoms with van der Waals surface area (Å²) in [5.41, 5.74) is 2.34. The molecule has 0 aliphatic carbocycles. The molecule has 100 valence electrons. The van der Waals surface area contributed by atoms with Crippen LogP contribution in [0.2, 0.25) is 0 Å². The van der Waals surface area contributed by atoms with Gasteiger partial charge in [-0.25, -0.2) is 4.79 Å². The first-order chi connectivity index (χ1) is 9.13. The Kier molecular flexibility index (Phi) is 10.1. The Labute approximate surface area is 122 Å². The van der Waals surface area contributed by atoms with Gasteiger partial charge in [-0.15, -0.1) is 0 Å². The van der Waals surface area contributed by atoms with Crippen LogP contribution in [0.15, 0.2) is 59.8 Å². The number of nitrogens with one attached hydrogen (secondary N) is 1. The molecule has 1 aromatic carbocycles. The van der Waals surface area contributed by atoms with Gasteiger partial charge in [0.1, 0.15) is 5.94 Å². The van der Waals surface area contributed by atoms with Crippen molar-refractivity contribution in [2.75, 3.05) is 12.4 Å². The highest BCUT2D eigenvalue weighted by molar-refractivity contribution is 9.10. The van der Waals surface area contributed by atoms with Crippen molar-refractivity contribution in [1.82, 2.24) is 4.98 Å². The molecule has 4 heteroatoms. The number of pyridine rings is 1. The van der Waals surface area contributed by atoms with Crippen molar-refractivity contribution < 1.29 is 4.79 Å². The molecule has 0 unspecified atom stereocenters. The van der Waals surface area contributed by atoms with Crippen LogP contribution in [-0.2, 0) is 4.79 Å². The van der Waals surface area contributed by atoms with Crippen LogP contribution in [0.25, 0.3) is 0 Å². The highest BCUT2D eigenvalue weighted by Gasteiger charge is 1.87. The van der Waals surface area contributed by atoms with Crippen molar-refractivity contribution in [3.05, 3.63) is 65.4 Å². The fourth-order valence-corrected chi connectivity index (χ4v) is 1.45. The Morgan fingerprint density at radius 2 is 1.84 bits per heavy atom. The van der Waals surface area contributed by atoms with Gasteiger partial charge in [0.05, 0.1) is 11.9 Å². The second-order valence-corrected chi connectivity index (χ2v) is 4.36. The molecule has 0 amide bonds. The van der Waals surface area contributed by atoms with Crippen LogP contribution >= 0.6 is 15.9 Å². The predicted octanol–water partition coefficient (Wildman–Crippen LogP) is 3.88. The van der Waals surface area contributed by atoms with Crippen LogP contribution in [0, 0.1) is 6.92 Å². The second kappa shape index (κ2) is 11.2. The maximum absolute atomic E-state index is 8.57. The quantitative estimate of drug-likeness (QED) is 0.811. The topological polar surface area (TPSA) is 42.0 Å². The fourth-order valence-electron chi connectivity index (χ4n) is 1.08. The molecule has 0 fully saturated rings. The molecule has 1 heterocycles. The Balaban J connectivity index is 0.000000289. The lowest BCUT2D eigenvalue weighted by atomic mass is 10.2. The molecule has 0 saturated heterocycles. The molecular weight excluding hydrogens is 304 g/mol. The molecular formula is C15H17BrN2O. The standard InChI is InChI=1S/C7H8.C6H7BrN2.C2H2O/c1-7-5-3-2-4-6-7;1-8-6-2-5(7)3-9-4-6;1-2-3/h2-6H,1H3;2-4,8H,1H3;1H2. The number of nitrogens with zero attached hydrogens (tertiary/aromatic N) is 1. The summed E-state index contributed by atoms with van der Waals surface area (Å²) in [6, 6.07) is 12.2. The Hall–Kier alpha value is -1.90. The molecule has 0 radical (unpaired) electrons. The maximum Gasteiger partial charge on any atom is 0.116 e. The van der Waals surface area contributed by atoms with Crippen LogP contribution in [0.4, 0.5) is 5.69 Å². The molecule has 0 aliphatic rings. The van der Waals surface area contributed by atoms with Crippen LogP contribution < -0.4 is 5.32 Å². The van der Waals surface area contributed by atoms with Gasteiger partial charge >= 0.3 is 0 Å². The van der Waals surface area contributed by atoms with E-state index >= 15 is 0 Å². The highest BCUT2D eigenvalue weighted by atomic mass is 79.9. The summed E-state index contributed by atoms with van der Waals surface area (Å²) in [5.74, 6) is 1.25. The van der Waals surface area contributed by atoms with Crippen molar-refractivity contribution in [2.24, 2.45) is 0 Å². The van der Waals surface area contributed by atoms with Gasteiger partial charge in [0.15, 0.2) is 0 Å². The van der Waals surface area contributed by atoms with E-state index < -0.39 is 0 Å². The molecule has 0 aliphatic heterocycles. The number of halogens is 1. The van der Waals surface area contributed by atoms with Crippen molar-refractivity contribution in [3.8, 4) is 0 Å². The minimum atomic E-state index is 0.995. The third-order valence-electron chi connectivity index (χ3n) is 1.93. The van der Waals surface area contributed by atoms with Gasteiger partial charge in [-0.3, -0.25) is 4.98 Å². The van der Waals surface area contributed by atoms with Crippen molar-refractivity contribution >= 4 is 27.6 Å². The molecule has 0 atom stereocenters. The highest BCUT2D eigenvalue weighted by Crippen LogP contribution is 2.12. The molecule has 3 nitrogen and oxygen atoms in total. The number of hydrogen-bond donors (Lipinski definition) is 1. The largest absolute Gasteiger partial charge is 0.387 e. The Bertz CT molecular complexity index is 495. The van der Waals surface area contributed by atoms with Gasteiger partial charge in [-0.2, -0.15) is 0 Å². The van der Waals surface area contributed by atoms with Crippen LogP contribution in [0.1, 0.15) is 5.56 Å². The van der Waals surface area contributed by atoms with E-state index in [1.807, 2.05) is 31.3 Å².